The van der Waals surface area contributed by atoms with Crippen LogP contribution in [0.1, 0.15) is 31.4 Å². The SMILES string of the molecule is CCN(CC1CCCO1)C(CN)c1cc(Cl)ccc1Br. The third-order valence-electron chi connectivity index (χ3n) is 3.85. The largest absolute Gasteiger partial charge is 0.377 e. The van der Waals surface area contributed by atoms with Gasteiger partial charge in [-0.1, -0.05) is 34.5 Å². The Morgan fingerprint density at radius 1 is 1.55 bits per heavy atom. The lowest BCUT2D eigenvalue weighted by atomic mass is 10.0. The van der Waals surface area contributed by atoms with Gasteiger partial charge in [-0.3, -0.25) is 4.90 Å². The first-order valence-corrected chi connectivity index (χ1v) is 8.33. The molecule has 112 valence electrons. The van der Waals surface area contributed by atoms with Crippen molar-refractivity contribution in [1.82, 2.24) is 4.90 Å². The van der Waals surface area contributed by atoms with E-state index in [4.69, 9.17) is 22.1 Å². The summed E-state index contributed by atoms with van der Waals surface area (Å²) in [7, 11) is 0. The minimum atomic E-state index is 0.164. The number of ether oxygens (including phenoxy) is 1. The summed E-state index contributed by atoms with van der Waals surface area (Å²) in [5.41, 5.74) is 7.18. The van der Waals surface area contributed by atoms with Crippen molar-refractivity contribution in [3.05, 3.63) is 33.3 Å². The van der Waals surface area contributed by atoms with Crippen LogP contribution in [-0.4, -0.2) is 37.2 Å². The highest BCUT2D eigenvalue weighted by Gasteiger charge is 2.25. The van der Waals surface area contributed by atoms with E-state index in [2.05, 4.69) is 27.8 Å². The van der Waals surface area contributed by atoms with Gasteiger partial charge in [-0.25, -0.2) is 0 Å². The molecule has 0 amide bonds. The fraction of sp³-hybridized carbons (Fsp3) is 0.600. The third-order valence-corrected chi connectivity index (χ3v) is 4.81. The first-order valence-electron chi connectivity index (χ1n) is 7.16. The van der Waals surface area contributed by atoms with Crippen LogP contribution in [0.2, 0.25) is 5.02 Å². The topological polar surface area (TPSA) is 38.5 Å². The molecule has 0 aliphatic carbocycles. The van der Waals surface area contributed by atoms with E-state index in [1.54, 1.807) is 0 Å². The zero-order chi connectivity index (χ0) is 14.5. The summed E-state index contributed by atoms with van der Waals surface area (Å²) in [6.45, 7) is 5.49. The molecule has 2 N–H and O–H groups in total. The Hall–Kier alpha value is -0.130. The van der Waals surface area contributed by atoms with Crippen molar-refractivity contribution >= 4 is 27.5 Å². The second-order valence-electron chi connectivity index (χ2n) is 5.14. The van der Waals surface area contributed by atoms with E-state index in [9.17, 15) is 0 Å². The highest BCUT2D eigenvalue weighted by atomic mass is 79.9. The van der Waals surface area contributed by atoms with Crippen molar-refractivity contribution in [3.8, 4) is 0 Å². The molecule has 1 aromatic carbocycles. The van der Waals surface area contributed by atoms with Crippen molar-refractivity contribution in [2.75, 3.05) is 26.2 Å². The van der Waals surface area contributed by atoms with Crippen LogP contribution in [0.15, 0.2) is 22.7 Å². The van der Waals surface area contributed by atoms with E-state index in [1.807, 2.05) is 18.2 Å². The van der Waals surface area contributed by atoms with E-state index in [0.717, 1.165) is 47.6 Å². The minimum absolute atomic E-state index is 0.164. The lowest BCUT2D eigenvalue weighted by Gasteiger charge is -2.32. The predicted octanol–water partition coefficient (Wildman–Crippen LogP) is 3.60. The Balaban J connectivity index is 2.17. The van der Waals surface area contributed by atoms with Crippen molar-refractivity contribution in [2.45, 2.75) is 31.9 Å². The zero-order valence-corrected chi connectivity index (χ0v) is 14.2. The second kappa shape index (κ2) is 7.76. The van der Waals surface area contributed by atoms with Crippen LogP contribution in [-0.2, 0) is 4.74 Å². The van der Waals surface area contributed by atoms with Gasteiger partial charge in [-0.2, -0.15) is 0 Å². The first-order chi connectivity index (χ1) is 9.65. The molecule has 2 rings (SSSR count). The van der Waals surface area contributed by atoms with E-state index < -0.39 is 0 Å². The number of hydrogen-bond donors (Lipinski definition) is 1. The number of nitrogens with two attached hydrogens (primary N) is 1. The smallest absolute Gasteiger partial charge is 0.0703 e. The molecule has 5 heteroatoms. The first kappa shape index (κ1) is 16.2. The maximum atomic E-state index is 6.13. The number of halogens is 2. The molecular formula is C15H22BrClN2O. The maximum Gasteiger partial charge on any atom is 0.0703 e. The number of nitrogens with zero attached hydrogens (tertiary/aromatic N) is 1. The number of benzene rings is 1. The summed E-state index contributed by atoms with van der Waals surface area (Å²) >= 11 is 9.74. The third kappa shape index (κ3) is 3.95. The quantitative estimate of drug-likeness (QED) is 0.841. The highest BCUT2D eigenvalue weighted by Crippen LogP contribution is 2.30. The van der Waals surface area contributed by atoms with E-state index in [1.165, 1.54) is 0 Å². The number of likely N-dealkylation sites (N-methyl/N-ethyl adjacent to an activating group) is 1. The van der Waals surface area contributed by atoms with Gasteiger partial charge in [0.2, 0.25) is 0 Å². The Morgan fingerprint density at radius 3 is 2.95 bits per heavy atom. The van der Waals surface area contributed by atoms with Crippen LogP contribution in [0, 0.1) is 0 Å². The van der Waals surface area contributed by atoms with E-state index >= 15 is 0 Å². The van der Waals surface area contributed by atoms with Gasteiger partial charge in [0.1, 0.15) is 0 Å². The maximum absolute atomic E-state index is 6.13. The predicted molar refractivity (Wildman–Crippen MR) is 87.2 cm³/mol. The molecule has 0 radical (unpaired) electrons. The number of hydrogen-bond acceptors (Lipinski definition) is 3. The van der Waals surface area contributed by atoms with Crippen molar-refractivity contribution in [1.29, 1.82) is 0 Å². The summed E-state index contributed by atoms with van der Waals surface area (Å²) in [6.07, 6.45) is 2.64. The Morgan fingerprint density at radius 2 is 2.35 bits per heavy atom. The van der Waals surface area contributed by atoms with E-state index in [0.29, 0.717) is 12.6 Å². The molecule has 1 saturated heterocycles. The number of rotatable bonds is 6. The summed E-state index contributed by atoms with van der Waals surface area (Å²) in [4.78, 5) is 2.38. The summed E-state index contributed by atoms with van der Waals surface area (Å²) in [5.74, 6) is 0. The molecule has 1 aliphatic rings. The normalized spacial score (nSPS) is 20.6. The molecule has 2 atom stereocenters. The highest BCUT2D eigenvalue weighted by molar-refractivity contribution is 9.10. The van der Waals surface area contributed by atoms with Gasteiger partial charge in [0, 0.05) is 35.2 Å². The van der Waals surface area contributed by atoms with Gasteiger partial charge in [0.05, 0.1) is 6.10 Å². The summed E-state index contributed by atoms with van der Waals surface area (Å²) in [6, 6.07) is 6.04. The molecule has 1 fully saturated rings. The van der Waals surface area contributed by atoms with Gasteiger partial charge >= 0.3 is 0 Å². The molecule has 2 unspecified atom stereocenters. The van der Waals surface area contributed by atoms with Crippen molar-refractivity contribution < 1.29 is 4.74 Å². The van der Waals surface area contributed by atoms with Gasteiger partial charge in [-0.05, 0) is 43.1 Å². The molecule has 0 aromatic heterocycles. The molecule has 0 bridgehead atoms. The molecule has 3 nitrogen and oxygen atoms in total. The van der Waals surface area contributed by atoms with Crippen LogP contribution in [0.25, 0.3) is 0 Å². The molecule has 1 heterocycles. The fourth-order valence-electron chi connectivity index (χ4n) is 2.77. The fourth-order valence-corrected chi connectivity index (χ4v) is 3.46. The molecule has 1 aromatic rings. The van der Waals surface area contributed by atoms with Crippen LogP contribution < -0.4 is 5.73 Å². The Bertz CT molecular complexity index is 438. The lowest BCUT2D eigenvalue weighted by molar-refractivity contribution is 0.0600. The van der Waals surface area contributed by atoms with Crippen LogP contribution >= 0.6 is 27.5 Å². The van der Waals surface area contributed by atoms with Crippen LogP contribution in [0.4, 0.5) is 0 Å². The molecule has 1 aliphatic heterocycles. The monoisotopic (exact) mass is 360 g/mol. The summed E-state index contributed by atoms with van der Waals surface area (Å²) in [5, 5.41) is 0.745. The summed E-state index contributed by atoms with van der Waals surface area (Å²) < 4.78 is 6.81. The molecular weight excluding hydrogens is 340 g/mol. The molecule has 0 spiro atoms. The van der Waals surface area contributed by atoms with Crippen molar-refractivity contribution in [3.63, 3.8) is 0 Å². The van der Waals surface area contributed by atoms with Gasteiger partial charge in [0.25, 0.3) is 0 Å². The Labute approximate surface area is 134 Å². The zero-order valence-electron chi connectivity index (χ0n) is 11.8. The van der Waals surface area contributed by atoms with Gasteiger partial charge in [0.15, 0.2) is 0 Å². The average Bonchev–Trinajstić information content (AvgIpc) is 2.95. The lowest BCUT2D eigenvalue weighted by Crippen LogP contribution is -2.39. The molecule has 0 saturated carbocycles. The standard InChI is InChI=1S/C15H22BrClN2O/c1-2-19(10-12-4-3-7-20-12)15(9-18)13-8-11(17)5-6-14(13)16/h5-6,8,12,15H,2-4,7,9-10,18H2,1H3. The van der Waals surface area contributed by atoms with Crippen LogP contribution in [0.5, 0.6) is 0 Å². The van der Waals surface area contributed by atoms with Gasteiger partial charge in [-0.15, -0.1) is 0 Å². The Kier molecular flexibility index (Phi) is 6.30. The molecule has 20 heavy (non-hydrogen) atoms. The second-order valence-corrected chi connectivity index (χ2v) is 6.43. The minimum Gasteiger partial charge on any atom is -0.377 e. The van der Waals surface area contributed by atoms with E-state index in [-0.39, 0.29) is 6.04 Å². The van der Waals surface area contributed by atoms with Crippen molar-refractivity contribution in [2.24, 2.45) is 5.73 Å². The van der Waals surface area contributed by atoms with Gasteiger partial charge < -0.3 is 10.5 Å². The van der Waals surface area contributed by atoms with Crippen LogP contribution in [0.3, 0.4) is 0 Å². The average molecular weight is 362 g/mol.